The van der Waals surface area contributed by atoms with Gasteiger partial charge in [-0.3, -0.25) is 4.79 Å². The summed E-state index contributed by atoms with van der Waals surface area (Å²) in [7, 11) is 1.34. The monoisotopic (exact) mass is 288 g/mol. The molecule has 112 valence electrons. The van der Waals surface area contributed by atoms with Gasteiger partial charge < -0.3 is 15.0 Å². The minimum absolute atomic E-state index is 0.162. The molecule has 1 fully saturated rings. The Balaban J connectivity index is 1.96. The van der Waals surface area contributed by atoms with Crippen LogP contribution in [0.5, 0.6) is 0 Å². The molecule has 0 atom stereocenters. The number of likely N-dealkylation sites (tertiary alicyclic amines) is 1. The molecule has 5 heteroatoms. The highest BCUT2D eigenvalue weighted by Crippen LogP contribution is 2.15. The third-order valence-electron chi connectivity index (χ3n) is 3.52. The average molecular weight is 288 g/mol. The van der Waals surface area contributed by atoms with Crippen molar-refractivity contribution in [2.75, 3.05) is 25.5 Å². The van der Waals surface area contributed by atoms with Gasteiger partial charge in [0.25, 0.3) is 0 Å². The fourth-order valence-electron chi connectivity index (χ4n) is 2.34. The molecule has 1 aromatic carbocycles. The van der Waals surface area contributed by atoms with E-state index in [1.165, 1.54) is 20.0 Å². The van der Waals surface area contributed by atoms with Crippen LogP contribution >= 0.6 is 0 Å². The summed E-state index contributed by atoms with van der Waals surface area (Å²) in [6.45, 7) is 3.98. The van der Waals surface area contributed by atoms with Crippen molar-refractivity contribution >= 4 is 17.6 Å². The number of esters is 1. The predicted octanol–water partition coefficient (Wildman–Crippen LogP) is 2.41. The first-order chi connectivity index (χ1) is 10.1. The highest BCUT2D eigenvalue weighted by molar-refractivity contribution is 6.00. The third-order valence-corrected chi connectivity index (χ3v) is 3.52. The van der Waals surface area contributed by atoms with Crippen LogP contribution in [0.4, 0.5) is 5.69 Å². The van der Waals surface area contributed by atoms with Gasteiger partial charge in [-0.05, 0) is 44.0 Å². The van der Waals surface area contributed by atoms with E-state index in [-0.39, 0.29) is 5.91 Å². The highest BCUT2D eigenvalue weighted by atomic mass is 16.5. The minimum Gasteiger partial charge on any atom is -0.465 e. The number of methoxy groups -OCH3 is 1. The summed E-state index contributed by atoms with van der Waals surface area (Å²) >= 11 is 0. The average Bonchev–Trinajstić information content (AvgIpc) is 3.01. The van der Waals surface area contributed by atoms with Gasteiger partial charge in [-0.15, -0.1) is 0 Å². The van der Waals surface area contributed by atoms with E-state index in [9.17, 15) is 9.59 Å². The number of ether oxygens (including phenoxy) is 1. The van der Waals surface area contributed by atoms with E-state index in [1.807, 2.05) is 6.92 Å². The Bertz CT molecular complexity index is 543. The minimum atomic E-state index is -0.391. The van der Waals surface area contributed by atoms with Crippen molar-refractivity contribution in [3.8, 4) is 0 Å². The van der Waals surface area contributed by atoms with Crippen LogP contribution in [-0.2, 0) is 9.53 Å². The number of carbonyl (C=O) groups is 2. The van der Waals surface area contributed by atoms with Crippen molar-refractivity contribution in [3.63, 3.8) is 0 Å². The van der Waals surface area contributed by atoms with E-state index in [2.05, 4.69) is 15.0 Å². The maximum absolute atomic E-state index is 11.9. The molecule has 2 rings (SSSR count). The third kappa shape index (κ3) is 4.08. The van der Waals surface area contributed by atoms with Crippen LogP contribution in [-0.4, -0.2) is 37.0 Å². The van der Waals surface area contributed by atoms with Gasteiger partial charge in [0.15, 0.2) is 0 Å². The van der Waals surface area contributed by atoms with Gasteiger partial charge in [0.1, 0.15) is 0 Å². The molecule has 0 aromatic heterocycles. The van der Waals surface area contributed by atoms with Crippen LogP contribution < -0.4 is 5.32 Å². The van der Waals surface area contributed by atoms with Crippen molar-refractivity contribution in [1.82, 2.24) is 4.90 Å². The van der Waals surface area contributed by atoms with E-state index < -0.39 is 5.97 Å². The maximum atomic E-state index is 11.9. The van der Waals surface area contributed by atoms with Gasteiger partial charge in [-0.25, -0.2) is 4.79 Å². The quantitative estimate of drug-likeness (QED) is 0.683. The summed E-state index contributed by atoms with van der Waals surface area (Å²) < 4.78 is 4.63. The molecule has 1 saturated heterocycles. The second-order valence-electron chi connectivity index (χ2n) is 5.04. The second kappa shape index (κ2) is 6.92. The van der Waals surface area contributed by atoms with Crippen molar-refractivity contribution in [2.24, 2.45) is 0 Å². The molecule has 1 heterocycles. The van der Waals surface area contributed by atoms with Crippen LogP contribution in [0.25, 0.3) is 0 Å². The number of carbonyl (C=O) groups excluding carboxylic acids is 2. The van der Waals surface area contributed by atoms with Crippen LogP contribution in [0.1, 0.15) is 30.1 Å². The molecule has 1 aliphatic rings. The SMILES string of the molecule is COC(=O)c1ccc(NC(=O)C=C(C)N2CCCC2)cc1. The highest BCUT2D eigenvalue weighted by Gasteiger charge is 2.12. The Kier molecular flexibility index (Phi) is 4.98. The van der Waals surface area contributed by atoms with Gasteiger partial charge in [-0.2, -0.15) is 0 Å². The summed E-state index contributed by atoms with van der Waals surface area (Å²) in [5.74, 6) is -0.553. The Morgan fingerprint density at radius 3 is 2.38 bits per heavy atom. The first-order valence-electron chi connectivity index (χ1n) is 7.03. The topological polar surface area (TPSA) is 58.6 Å². The number of nitrogens with one attached hydrogen (secondary N) is 1. The summed E-state index contributed by atoms with van der Waals surface area (Å²) in [5, 5.41) is 2.79. The number of amides is 1. The zero-order valence-corrected chi connectivity index (χ0v) is 12.4. The van der Waals surface area contributed by atoms with E-state index >= 15 is 0 Å². The zero-order chi connectivity index (χ0) is 15.2. The number of hydrogen-bond donors (Lipinski definition) is 1. The van der Waals surface area contributed by atoms with Gasteiger partial charge in [0.05, 0.1) is 12.7 Å². The molecule has 0 aliphatic carbocycles. The fraction of sp³-hybridized carbons (Fsp3) is 0.375. The number of nitrogens with zero attached hydrogens (tertiary/aromatic N) is 1. The summed E-state index contributed by atoms with van der Waals surface area (Å²) in [5.41, 5.74) is 2.09. The van der Waals surface area contributed by atoms with Crippen molar-refractivity contribution in [1.29, 1.82) is 0 Å². The fourth-order valence-corrected chi connectivity index (χ4v) is 2.34. The van der Waals surface area contributed by atoms with Gasteiger partial charge in [0.2, 0.25) is 5.91 Å². The number of hydrogen-bond acceptors (Lipinski definition) is 4. The maximum Gasteiger partial charge on any atom is 0.337 e. The molecule has 5 nitrogen and oxygen atoms in total. The van der Waals surface area contributed by atoms with Gasteiger partial charge in [-0.1, -0.05) is 0 Å². The molecular formula is C16H20N2O3. The lowest BCUT2D eigenvalue weighted by molar-refractivity contribution is -0.112. The van der Waals surface area contributed by atoms with Crippen molar-refractivity contribution < 1.29 is 14.3 Å². The Morgan fingerprint density at radius 1 is 1.19 bits per heavy atom. The predicted molar refractivity (Wildman–Crippen MR) is 81.0 cm³/mol. The molecule has 1 aromatic rings. The summed E-state index contributed by atoms with van der Waals surface area (Å²) in [6.07, 6.45) is 3.98. The first-order valence-corrected chi connectivity index (χ1v) is 7.03. The number of rotatable bonds is 4. The number of benzene rings is 1. The van der Waals surface area contributed by atoms with Crippen LogP contribution in [0, 0.1) is 0 Å². The van der Waals surface area contributed by atoms with E-state index in [4.69, 9.17) is 0 Å². The van der Waals surface area contributed by atoms with E-state index in [1.54, 1.807) is 30.3 Å². The molecule has 0 saturated carbocycles. The number of allylic oxidation sites excluding steroid dienone is 1. The normalized spacial score (nSPS) is 15.0. The molecule has 0 bridgehead atoms. The Hall–Kier alpha value is -2.30. The lowest BCUT2D eigenvalue weighted by Gasteiger charge is -2.17. The molecule has 1 N–H and O–H groups in total. The summed E-state index contributed by atoms with van der Waals surface area (Å²) in [4.78, 5) is 25.5. The summed E-state index contributed by atoms with van der Waals surface area (Å²) in [6, 6.07) is 6.61. The standard InChI is InChI=1S/C16H20N2O3/c1-12(18-9-3-4-10-18)11-15(19)17-14-7-5-13(6-8-14)16(20)21-2/h5-8,11H,3-4,9-10H2,1-2H3,(H,17,19). The molecule has 1 amide bonds. The van der Waals surface area contributed by atoms with Gasteiger partial charge >= 0.3 is 5.97 Å². The first kappa shape index (κ1) is 15.1. The largest absolute Gasteiger partial charge is 0.465 e. The second-order valence-corrected chi connectivity index (χ2v) is 5.04. The van der Waals surface area contributed by atoms with Crippen molar-refractivity contribution in [3.05, 3.63) is 41.6 Å². The van der Waals surface area contributed by atoms with Crippen molar-refractivity contribution in [2.45, 2.75) is 19.8 Å². The molecule has 1 aliphatic heterocycles. The Morgan fingerprint density at radius 2 is 1.81 bits per heavy atom. The molecule has 0 unspecified atom stereocenters. The molecule has 21 heavy (non-hydrogen) atoms. The lowest BCUT2D eigenvalue weighted by Crippen LogP contribution is -2.19. The van der Waals surface area contributed by atoms with Crippen LogP contribution in [0.15, 0.2) is 36.0 Å². The number of anilines is 1. The van der Waals surface area contributed by atoms with E-state index in [0.717, 1.165) is 18.8 Å². The molecule has 0 radical (unpaired) electrons. The van der Waals surface area contributed by atoms with Crippen LogP contribution in [0.3, 0.4) is 0 Å². The molecule has 0 spiro atoms. The Labute approximate surface area is 124 Å². The smallest absolute Gasteiger partial charge is 0.337 e. The zero-order valence-electron chi connectivity index (χ0n) is 12.4. The van der Waals surface area contributed by atoms with Crippen LogP contribution in [0.2, 0.25) is 0 Å². The lowest BCUT2D eigenvalue weighted by atomic mass is 10.2. The van der Waals surface area contributed by atoms with Gasteiger partial charge in [0, 0.05) is 30.5 Å². The van der Waals surface area contributed by atoms with E-state index in [0.29, 0.717) is 11.3 Å². The molecular weight excluding hydrogens is 268 g/mol.